The number of imidazole rings is 1. The maximum atomic E-state index is 4.06. The van der Waals surface area contributed by atoms with Gasteiger partial charge in [0, 0.05) is 17.9 Å². The van der Waals surface area contributed by atoms with Gasteiger partial charge in [-0.05, 0) is 25.0 Å². The quantitative estimate of drug-likeness (QED) is 0.830. The minimum absolute atomic E-state index is 0.570. The van der Waals surface area contributed by atoms with Gasteiger partial charge in [-0.15, -0.1) is 0 Å². The van der Waals surface area contributed by atoms with Crippen LogP contribution in [-0.2, 0) is 13.0 Å². The van der Waals surface area contributed by atoms with Crippen molar-refractivity contribution in [1.82, 2.24) is 9.97 Å². The molecule has 16 heavy (non-hydrogen) atoms. The van der Waals surface area contributed by atoms with E-state index in [4.69, 9.17) is 0 Å². The van der Waals surface area contributed by atoms with Gasteiger partial charge < -0.3 is 9.88 Å². The highest BCUT2D eigenvalue weighted by Crippen LogP contribution is 2.32. The summed E-state index contributed by atoms with van der Waals surface area (Å²) in [6.45, 7) is 3.19. The summed E-state index contributed by atoms with van der Waals surface area (Å²) in [5, 5.41) is 0. The van der Waals surface area contributed by atoms with Crippen LogP contribution in [-0.4, -0.2) is 16.0 Å². The molecule has 0 saturated heterocycles. The number of nitrogens with zero attached hydrogens (tertiary/aromatic N) is 2. The lowest BCUT2D eigenvalue weighted by Gasteiger charge is -2.24. The van der Waals surface area contributed by atoms with Gasteiger partial charge in [-0.3, -0.25) is 0 Å². The largest absolute Gasteiger partial charge is 0.362 e. The minimum Gasteiger partial charge on any atom is -0.362 e. The van der Waals surface area contributed by atoms with Crippen LogP contribution in [0.4, 0.5) is 5.69 Å². The molecule has 3 nitrogen and oxygen atoms in total. The lowest BCUT2D eigenvalue weighted by molar-refractivity contribution is 0.666. The number of aromatic amines is 1. The Kier molecular flexibility index (Phi) is 2.17. The molecule has 1 N–H and O–H groups in total. The van der Waals surface area contributed by atoms with Crippen LogP contribution in [0.1, 0.15) is 18.2 Å². The molecule has 1 aromatic heterocycles. The Morgan fingerprint density at radius 1 is 1.44 bits per heavy atom. The van der Waals surface area contributed by atoms with Crippen molar-refractivity contribution >= 4 is 5.69 Å². The molecule has 0 amide bonds. The van der Waals surface area contributed by atoms with Crippen LogP contribution in [0.15, 0.2) is 36.8 Å². The molecule has 0 saturated carbocycles. The number of para-hydroxylation sites is 1. The van der Waals surface area contributed by atoms with Gasteiger partial charge in [0.15, 0.2) is 0 Å². The summed E-state index contributed by atoms with van der Waals surface area (Å²) in [5.74, 6) is 0. The fraction of sp³-hybridized carbons (Fsp3) is 0.308. The molecule has 2 aromatic rings. The normalized spacial score (nSPS) is 18.8. The van der Waals surface area contributed by atoms with E-state index in [9.17, 15) is 0 Å². The third kappa shape index (κ3) is 1.48. The number of aromatic nitrogens is 2. The first kappa shape index (κ1) is 9.46. The molecule has 1 atom stereocenters. The Hall–Kier alpha value is -1.77. The van der Waals surface area contributed by atoms with Crippen molar-refractivity contribution in [2.75, 3.05) is 4.90 Å². The maximum absolute atomic E-state index is 4.06. The van der Waals surface area contributed by atoms with Gasteiger partial charge in [-0.25, -0.2) is 4.98 Å². The van der Waals surface area contributed by atoms with E-state index >= 15 is 0 Å². The van der Waals surface area contributed by atoms with Crippen LogP contribution in [0.5, 0.6) is 0 Å². The summed E-state index contributed by atoms with van der Waals surface area (Å²) < 4.78 is 0. The number of hydrogen-bond acceptors (Lipinski definition) is 2. The second-order valence-electron chi connectivity index (χ2n) is 4.39. The molecule has 0 fully saturated rings. The smallest absolute Gasteiger partial charge is 0.0922 e. The van der Waals surface area contributed by atoms with E-state index in [1.54, 1.807) is 6.33 Å². The number of rotatable bonds is 2. The van der Waals surface area contributed by atoms with Gasteiger partial charge in [-0.2, -0.15) is 0 Å². The zero-order chi connectivity index (χ0) is 11.0. The third-order valence-corrected chi connectivity index (χ3v) is 3.24. The summed E-state index contributed by atoms with van der Waals surface area (Å²) in [6, 6.07) is 9.22. The topological polar surface area (TPSA) is 31.9 Å². The van der Waals surface area contributed by atoms with Crippen LogP contribution < -0.4 is 4.90 Å². The fourth-order valence-electron chi connectivity index (χ4n) is 2.43. The number of anilines is 1. The summed E-state index contributed by atoms with van der Waals surface area (Å²) >= 11 is 0. The van der Waals surface area contributed by atoms with E-state index in [1.807, 2.05) is 6.20 Å². The highest BCUT2D eigenvalue weighted by molar-refractivity contribution is 5.59. The SMILES string of the molecule is C[C@@H]1Cc2ccccc2N1Cc1cnc[nH]1. The van der Waals surface area contributed by atoms with Gasteiger partial charge in [0.25, 0.3) is 0 Å². The van der Waals surface area contributed by atoms with Gasteiger partial charge >= 0.3 is 0 Å². The van der Waals surface area contributed by atoms with E-state index in [0.29, 0.717) is 6.04 Å². The molecule has 3 heteroatoms. The standard InChI is InChI=1S/C13H15N3/c1-10-6-11-4-2-3-5-13(11)16(10)8-12-7-14-9-15-12/h2-5,7,9-10H,6,8H2,1H3,(H,14,15)/t10-/m1/s1. The molecule has 1 aliphatic rings. The second kappa shape index (κ2) is 3.67. The maximum Gasteiger partial charge on any atom is 0.0922 e. The van der Waals surface area contributed by atoms with Crippen molar-refractivity contribution in [3.05, 3.63) is 48.0 Å². The van der Waals surface area contributed by atoms with E-state index in [0.717, 1.165) is 13.0 Å². The predicted molar refractivity (Wildman–Crippen MR) is 64.4 cm³/mol. The van der Waals surface area contributed by atoms with Gasteiger partial charge in [0.2, 0.25) is 0 Å². The lowest BCUT2D eigenvalue weighted by atomic mass is 10.1. The van der Waals surface area contributed by atoms with Gasteiger partial charge in [0.1, 0.15) is 0 Å². The first-order valence-corrected chi connectivity index (χ1v) is 5.66. The Labute approximate surface area is 95.1 Å². The monoisotopic (exact) mass is 213 g/mol. The second-order valence-corrected chi connectivity index (χ2v) is 4.39. The molecule has 1 aromatic carbocycles. The Balaban J connectivity index is 1.90. The Bertz CT molecular complexity index is 476. The van der Waals surface area contributed by atoms with Crippen molar-refractivity contribution in [3.63, 3.8) is 0 Å². The van der Waals surface area contributed by atoms with E-state index in [-0.39, 0.29) is 0 Å². The summed E-state index contributed by atoms with van der Waals surface area (Å²) in [7, 11) is 0. The first-order valence-electron chi connectivity index (χ1n) is 5.66. The van der Waals surface area contributed by atoms with E-state index < -0.39 is 0 Å². The van der Waals surface area contributed by atoms with Crippen LogP contribution in [0.3, 0.4) is 0 Å². The van der Waals surface area contributed by atoms with E-state index in [1.165, 1.54) is 16.9 Å². The molecule has 0 unspecified atom stereocenters. The molecule has 3 rings (SSSR count). The average Bonchev–Trinajstić information content (AvgIpc) is 2.89. The molecular weight excluding hydrogens is 198 g/mol. The number of hydrogen-bond donors (Lipinski definition) is 1. The van der Waals surface area contributed by atoms with Crippen LogP contribution >= 0.6 is 0 Å². The van der Waals surface area contributed by atoms with Crippen molar-refractivity contribution in [2.45, 2.75) is 25.9 Å². The zero-order valence-electron chi connectivity index (χ0n) is 9.35. The minimum atomic E-state index is 0.570. The van der Waals surface area contributed by atoms with Crippen molar-refractivity contribution < 1.29 is 0 Å². The predicted octanol–water partition coefficient (Wildman–Crippen LogP) is 2.36. The summed E-state index contributed by atoms with van der Waals surface area (Å²) in [6.07, 6.45) is 4.78. The van der Waals surface area contributed by atoms with E-state index in [2.05, 4.69) is 46.1 Å². The molecule has 1 aliphatic heterocycles. The van der Waals surface area contributed by atoms with Gasteiger partial charge in [-0.1, -0.05) is 18.2 Å². The average molecular weight is 213 g/mol. The van der Waals surface area contributed by atoms with Crippen molar-refractivity contribution in [1.29, 1.82) is 0 Å². The van der Waals surface area contributed by atoms with Gasteiger partial charge in [0.05, 0.1) is 18.6 Å². The highest BCUT2D eigenvalue weighted by atomic mass is 15.2. The molecular formula is C13H15N3. The number of H-pyrrole nitrogens is 1. The van der Waals surface area contributed by atoms with Crippen LogP contribution in [0.25, 0.3) is 0 Å². The highest BCUT2D eigenvalue weighted by Gasteiger charge is 2.25. The van der Waals surface area contributed by atoms with Crippen molar-refractivity contribution in [2.24, 2.45) is 0 Å². The van der Waals surface area contributed by atoms with Crippen LogP contribution in [0.2, 0.25) is 0 Å². The molecule has 0 bridgehead atoms. The molecule has 0 aliphatic carbocycles. The van der Waals surface area contributed by atoms with Crippen molar-refractivity contribution in [3.8, 4) is 0 Å². The molecule has 0 spiro atoms. The van der Waals surface area contributed by atoms with Crippen LogP contribution in [0, 0.1) is 0 Å². The number of nitrogens with one attached hydrogen (secondary N) is 1. The molecule has 82 valence electrons. The zero-order valence-corrected chi connectivity index (χ0v) is 9.35. The fourth-order valence-corrected chi connectivity index (χ4v) is 2.43. The summed E-state index contributed by atoms with van der Waals surface area (Å²) in [4.78, 5) is 9.66. The third-order valence-electron chi connectivity index (χ3n) is 3.24. The lowest BCUT2D eigenvalue weighted by Crippen LogP contribution is -2.28. The first-order chi connectivity index (χ1) is 7.84. The Morgan fingerprint density at radius 3 is 3.12 bits per heavy atom. The number of benzene rings is 1. The Morgan fingerprint density at radius 2 is 2.31 bits per heavy atom. The summed E-state index contributed by atoms with van der Waals surface area (Å²) in [5.41, 5.74) is 3.99. The molecule has 2 heterocycles. The molecule has 0 radical (unpaired) electrons. The number of fused-ring (bicyclic) bond motifs is 1.